The maximum absolute atomic E-state index is 15.1. The number of unbranched alkanes of at least 4 members (excludes halogenated alkanes) is 29. The van der Waals surface area contributed by atoms with Gasteiger partial charge in [-0.15, -0.1) is 0 Å². The minimum absolute atomic E-state index is 0. The summed E-state index contributed by atoms with van der Waals surface area (Å²) in [6, 6.07) is 22.3. The summed E-state index contributed by atoms with van der Waals surface area (Å²) < 4.78 is 17.0. The molecule has 2 aromatic heterocycles. The smallest absolute Gasteiger partial charge is 0.337 e. The van der Waals surface area contributed by atoms with E-state index in [0.29, 0.717) is 44.0 Å². The van der Waals surface area contributed by atoms with Gasteiger partial charge < -0.3 is 48.3 Å². The number of aromatic nitrogens is 2. The Morgan fingerprint density at radius 2 is 0.694 bits per heavy atom. The van der Waals surface area contributed by atoms with Crippen LogP contribution < -0.4 is 43.1 Å². The Bertz CT molecular complexity index is 1750. The molecule has 3 aromatic rings. The number of hydrogen-bond acceptors (Lipinski definition) is 5. The van der Waals surface area contributed by atoms with E-state index < -0.39 is 5.92 Å². The highest BCUT2D eigenvalue weighted by Crippen LogP contribution is 2.44. The SMILES string of the molecule is CCCCCCCCCCCCCCCCOC(=O)C1=C(C[n+]2ccccc2)N(CCCCCC)C(C[n+]2ccccc2)=C(C(=O)OCCCCCCCCCCCCCCCC)C1c1ccccc1.[Br-].[Br-]. The molecule has 0 amide bonds. The highest BCUT2D eigenvalue weighted by atomic mass is 79.9. The van der Waals surface area contributed by atoms with Crippen LogP contribution in [0.25, 0.3) is 0 Å². The minimum Gasteiger partial charge on any atom is -1.00 e. The van der Waals surface area contributed by atoms with Crippen LogP contribution in [0.3, 0.4) is 0 Å². The first-order valence-corrected chi connectivity index (χ1v) is 29.1. The quantitative estimate of drug-likeness (QED) is 0.0321. The van der Waals surface area contributed by atoms with E-state index in [9.17, 15) is 0 Å². The third-order valence-electron chi connectivity index (χ3n) is 14.3. The van der Waals surface area contributed by atoms with E-state index in [1.807, 2.05) is 54.6 Å². The summed E-state index contributed by atoms with van der Waals surface area (Å²) in [6.07, 6.45) is 48.1. The van der Waals surface area contributed by atoms with Crippen molar-refractivity contribution in [1.82, 2.24) is 4.90 Å². The molecule has 0 bridgehead atoms. The van der Waals surface area contributed by atoms with Crippen molar-refractivity contribution in [2.75, 3.05) is 19.8 Å². The van der Waals surface area contributed by atoms with Gasteiger partial charge in [0.15, 0.2) is 37.9 Å². The zero-order chi connectivity index (χ0) is 49.5. The van der Waals surface area contributed by atoms with E-state index in [4.69, 9.17) is 9.47 Å². The Kier molecular flexibility index (Phi) is 38.7. The lowest BCUT2D eigenvalue weighted by atomic mass is 9.79. The van der Waals surface area contributed by atoms with Crippen LogP contribution in [0, 0.1) is 0 Å². The molecule has 0 fully saturated rings. The van der Waals surface area contributed by atoms with Crippen molar-refractivity contribution in [3.8, 4) is 0 Å². The van der Waals surface area contributed by atoms with Crippen LogP contribution in [0.1, 0.15) is 238 Å². The molecule has 0 N–H and O–H groups in total. The van der Waals surface area contributed by atoms with Gasteiger partial charge in [-0.25, -0.2) is 9.59 Å². The van der Waals surface area contributed by atoms with Gasteiger partial charge in [0.1, 0.15) is 0 Å². The van der Waals surface area contributed by atoms with Crippen LogP contribution in [0.15, 0.2) is 114 Å². The first-order valence-electron chi connectivity index (χ1n) is 29.1. The summed E-state index contributed by atoms with van der Waals surface area (Å²) in [7, 11) is 0. The molecule has 1 aromatic carbocycles. The Hall–Kier alpha value is -3.30. The molecule has 1 aliphatic rings. The number of hydrogen-bond donors (Lipinski definition) is 0. The number of rotatable bonds is 42. The van der Waals surface area contributed by atoms with Crippen molar-refractivity contribution in [2.45, 2.75) is 245 Å². The maximum atomic E-state index is 15.1. The fourth-order valence-corrected chi connectivity index (χ4v) is 10.2. The van der Waals surface area contributed by atoms with Crippen LogP contribution in [0.5, 0.6) is 0 Å². The molecule has 0 aliphatic carbocycles. The highest BCUT2D eigenvalue weighted by molar-refractivity contribution is 6.00. The van der Waals surface area contributed by atoms with E-state index in [1.54, 1.807) is 0 Å². The summed E-state index contributed by atoms with van der Waals surface area (Å²) in [4.78, 5) is 32.5. The summed E-state index contributed by atoms with van der Waals surface area (Å²) in [5.74, 6) is -1.32. The lowest BCUT2D eigenvalue weighted by Crippen LogP contribution is -3.00. The monoisotopic (exact) mass is 1120 g/mol. The fraction of sp³-hybridized carbons (Fsp3) is 0.651. The average Bonchev–Trinajstić information content (AvgIpc) is 3.38. The van der Waals surface area contributed by atoms with Crippen molar-refractivity contribution in [3.63, 3.8) is 0 Å². The Morgan fingerprint density at radius 1 is 0.403 bits per heavy atom. The standard InChI is InChI=1S/C63H99N3O4.2BrH/c1-4-7-10-13-15-17-19-21-23-25-27-29-31-43-52-69-62(67)60-57(54-64-47-38-34-39-48-64)66(51-42-12-9-6-3)58(55-65-49-40-35-41-50-65)61(59(60)56-45-36-33-37-46-56)63(68)70-53-44-32-30-28-26-24-22-20-18-16-14-11-8-5-2;;/h33-41,45-50,59H,4-32,42-44,51-55H2,1-3H3;2*1H/q+2;;/p-2. The second-order valence-corrected chi connectivity index (χ2v) is 20.3. The molecule has 0 radical (unpaired) electrons. The van der Waals surface area contributed by atoms with Gasteiger partial charge in [-0.3, -0.25) is 0 Å². The first-order chi connectivity index (χ1) is 34.6. The van der Waals surface area contributed by atoms with Crippen molar-refractivity contribution in [3.05, 3.63) is 120 Å². The predicted octanol–water partition coefficient (Wildman–Crippen LogP) is 10.2. The fourth-order valence-electron chi connectivity index (χ4n) is 10.2. The number of allylic oxidation sites excluding steroid dienone is 2. The van der Waals surface area contributed by atoms with Crippen LogP contribution >= 0.6 is 0 Å². The van der Waals surface area contributed by atoms with Crippen molar-refractivity contribution < 1.29 is 62.2 Å². The van der Waals surface area contributed by atoms with Crippen molar-refractivity contribution >= 4 is 11.9 Å². The van der Waals surface area contributed by atoms with Crippen LogP contribution in [-0.4, -0.2) is 36.6 Å². The first kappa shape index (κ1) is 64.8. The molecule has 3 heterocycles. The molecule has 72 heavy (non-hydrogen) atoms. The van der Waals surface area contributed by atoms with E-state index in [2.05, 4.69) is 71.7 Å². The Labute approximate surface area is 461 Å². The molecule has 7 nitrogen and oxygen atoms in total. The number of esters is 2. The molecule has 0 saturated heterocycles. The largest absolute Gasteiger partial charge is 1.00 e. The summed E-state index contributed by atoms with van der Waals surface area (Å²) in [5, 5.41) is 0. The molecule has 9 heteroatoms. The van der Waals surface area contributed by atoms with Gasteiger partial charge in [0.2, 0.25) is 0 Å². The summed E-state index contributed by atoms with van der Waals surface area (Å²) >= 11 is 0. The number of ether oxygens (including phenoxy) is 2. The predicted molar refractivity (Wildman–Crippen MR) is 290 cm³/mol. The van der Waals surface area contributed by atoms with Gasteiger partial charge in [0.25, 0.3) is 0 Å². The molecule has 404 valence electrons. The lowest BCUT2D eigenvalue weighted by molar-refractivity contribution is -0.694. The number of benzene rings is 1. The average molecular weight is 1120 g/mol. The summed E-state index contributed by atoms with van der Waals surface area (Å²) in [6.45, 7) is 9.13. The molecule has 0 spiro atoms. The molecule has 4 rings (SSSR count). The summed E-state index contributed by atoms with van der Waals surface area (Å²) in [5.41, 5.74) is 3.78. The van der Waals surface area contributed by atoms with Crippen LogP contribution in [0.4, 0.5) is 0 Å². The number of carbonyl (C=O) groups excluding carboxylic acids is 2. The van der Waals surface area contributed by atoms with Crippen LogP contribution in [0.2, 0.25) is 0 Å². The van der Waals surface area contributed by atoms with Gasteiger partial charge in [0.05, 0.1) is 41.7 Å². The van der Waals surface area contributed by atoms with E-state index in [0.717, 1.165) is 81.2 Å². The molecule has 1 aliphatic heterocycles. The van der Waals surface area contributed by atoms with Crippen molar-refractivity contribution in [2.24, 2.45) is 0 Å². The minimum atomic E-state index is -0.653. The second kappa shape index (κ2) is 43.0. The second-order valence-electron chi connectivity index (χ2n) is 20.3. The highest BCUT2D eigenvalue weighted by Gasteiger charge is 2.45. The molecule has 0 saturated carbocycles. The number of pyridine rings is 2. The Balaban J connectivity index is 0.00000888. The normalized spacial score (nSPS) is 12.7. The zero-order valence-corrected chi connectivity index (χ0v) is 48.8. The van der Waals surface area contributed by atoms with Gasteiger partial charge >= 0.3 is 11.9 Å². The van der Waals surface area contributed by atoms with Gasteiger partial charge in [0, 0.05) is 30.8 Å². The van der Waals surface area contributed by atoms with E-state index in [-0.39, 0.29) is 45.9 Å². The van der Waals surface area contributed by atoms with E-state index >= 15 is 9.59 Å². The molecule has 0 unspecified atom stereocenters. The van der Waals surface area contributed by atoms with Gasteiger partial charge in [-0.2, -0.15) is 9.13 Å². The maximum Gasteiger partial charge on any atom is 0.337 e. The zero-order valence-electron chi connectivity index (χ0n) is 45.6. The third-order valence-corrected chi connectivity index (χ3v) is 14.3. The van der Waals surface area contributed by atoms with Crippen LogP contribution in [-0.2, 0) is 32.2 Å². The lowest BCUT2D eigenvalue weighted by Gasteiger charge is -2.38. The number of carbonyl (C=O) groups is 2. The molecular weight excluding hydrogens is 1020 g/mol. The van der Waals surface area contributed by atoms with Crippen molar-refractivity contribution in [1.29, 1.82) is 0 Å². The van der Waals surface area contributed by atoms with Gasteiger partial charge in [-0.1, -0.05) is 249 Å². The number of halogens is 2. The Morgan fingerprint density at radius 3 is 1.03 bits per heavy atom. The van der Waals surface area contributed by atoms with E-state index in [1.165, 1.54) is 141 Å². The molecular formula is C63H99Br2N3O4. The molecule has 0 atom stereocenters. The topological polar surface area (TPSA) is 63.6 Å². The number of nitrogens with zero attached hydrogens (tertiary/aromatic N) is 3. The third kappa shape index (κ3) is 26.3. The van der Waals surface area contributed by atoms with Gasteiger partial charge in [-0.05, 0) is 24.8 Å².